The lowest BCUT2D eigenvalue weighted by molar-refractivity contribution is -0.140. The van der Waals surface area contributed by atoms with Crippen molar-refractivity contribution in [1.29, 1.82) is 0 Å². The molecular weight excluding hydrogens is 226 g/mol. The van der Waals surface area contributed by atoms with Crippen LogP contribution in [0, 0.1) is 0 Å². The van der Waals surface area contributed by atoms with Crippen molar-refractivity contribution in [2.75, 3.05) is 13.7 Å². The summed E-state index contributed by atoms with van der Waals surface area (Å²) in [6.07, 6.45) is 3.53. The fourth-order valence-electron chi connectivity index (χ4n) is 1.81. The second-order valence-electron chi connectivity index (χ2n) is 4.56. The van der Waals surface area contributed by atoms with Gasteiger partial charge in [-0.05, 0) is 38.3 Å². The van der Waals surface area contributed by atoms with Gasteiger partial charge in [0.15, 0.2) is 0 Å². The number of nitrogens with one attached hydrogen (secondary N) is 1. The highest BCUT2D eigenvalue weighted by molar-refractivity contribution is 5.69. The van der Waals surface area contributed by atoms with Crippen LogP contribution in [-0.2, 0) is 16.0 Å². The molecule has 0 radical (unpaired) electrons. The Balaban J connectivity index is 2.07. The summed E-state index contributed by atoms with van der Waals surface area (Å²) in [5.41, 5.74) is 1.38. The van der Waals surface area contributed by atoms with Crippen LogP contribution in [0.1, 0.15) is 31.7 Å². The number of rotatable bonds is 8. The molecule has 1 atom stereocenters. The van der Waals surface area contributed by atoms with Crippen LogP contribution in [0.25, 0.3) is 0 Å². The highest BCUT2D eigenvalue weighted by Gasteiger charge is 2.03. The lowest BCUT2D eigenvalue weighted by Crippen LogP contribution is -2.27. The summed E-state index contributed by atoms with van der Waals surface area (Å²) in [6, 6.07) is 11.0. The third-order valence-corrected chi connectivity index (χ3v) is 2.99. The highest BCUT2D eigenvalue weighted by Crippen LogP contribution is 2.04. The second kappa shape index (κ2) is 8.70. The SMILES string of the molecule is COC(=O)CCCNC(C)CCc1ccccc1. The fourth-order valence-corrected chi connectivity index (χ4v) is 1.81. The lowest BCUT2D eigenvalue weighted by atomic mass is 10.1. The Hall–Kier alpha value is -1.35. The average Bonchev–Trinajstić information content (AvgIpc) is 2.42. The summed E-state index contributed by atoms with van der Waals surface area (Å²) in [6.45, 7) is 3.05. The highest BCUT2D eigenvalue weighted by atomic mass is 16.5. The molecule has 1 aromatic carbocycles. The number of benzene rings is 1. The van der Waals surface area contributed by atoms with E-state index in [9.17, 15) is 4.79 Å². The van der Waals surface area contributed by atoms with Gasteiger partial charge in [0.05, 0.1) is 7.11 Å². The number of hydrogen-bond donors (Lipinski definition) is 1. The van der Waals surface area contributed by atoms with Crippen molar-refractivity contribution >= 4 is 5.97 Å². The van der Waals surface area contributed by atoms with E-state index in [1.165, 1.54) is 12.7 Å². The van der Waals surface area contributed by atoms with E-state index in [2.05, 4.69) is 41.2 Å². The van der Waals surface area contributed by atoms with Crippen LogP contribution >= 0.6 is 0 Å². The summed E-state index contributed by atoms with van der Waals surface area (Å²) in [5, 5.41) is 3.42. The standard InChI is InChI=1S/C15H23NO2/c1-13(16-12-6-9-15(17)18-2)10-11-14-7-4-3-5-8-14/h3-5,7-8,13,16H,6,9-12H2,1-2H3. The number of methoxy groups -OCH3 is 1. The number of hydrogen-bond acceptors (Lipinski definition) is 3. The molecule has 1 rings (SSSR count). The zero-order valence-electron chi connectivity index (χ0n) is 11.3. The Kier molecular flexibility index (Phi) is 7.11. The Morgan fingerprint density at radius 1 is 1.33 bits per heavy atom. The molecule has 0 amide bonds. The smallest absolute Gasteiger partial charge is 0.305 e. The molecule has 1 unspecified atom stereocenters. The van der Waals surface area contributed by atoms with Gasteiger partial charge < -0.3 is 10.1 Å². The van der Waals surface area contributed by atoms with Crippen molar-refractivity contribution in [1.82, 2.24) is 5.32 Å². The van der Waals surface area contributed by atoms with Gasteiger partial charge in [0.2, 0.25) is 0 Å². The quantitative estimate of drug-likeness (QED) is 0.568. The maximum absolute atomic E-state index is 10.9. The summed E-state index contributed by atoms with van der Waals surface area (Å²) in [5.74, 6) is -0.131. The average molecular weight is 249 g/mol. The zero-order chi connectivity index (χ0) is 13.2. The summed E-state index contributed by atoms with van der Waals surface area (Å²) < 4.78 is 4.60. The first-order chi connectivity index (χ1) is 8.72. The second-order valence-corrected chi connectivity index (χ2v) is 4.56. The van der Waals surface area contributed by atoms with Gasteiger partial charge in [-0.25, -0.2) is 0 Å². The number of esters is 1. The van der Waals surface area contributed by atoms with Crippen molar-refractivity contribution in [2.24, 2.45) is 0 Å². The molecule has 0 saturated carbocycles. The molecule has 0 bridgehead atoms. The van der Waals surface area contributed by atoms with Gasteiger partial charge in [-0.2, -0.15) is 0 Å². The number of aryl methyl sites for hydroxylation is 1. The van der Waals surface area contributed by atoms with Crippen molar-refractivity contribution in [2.45, 2.75) is 38.6 Å². The van der Waals surface area contributed by atoms with Gasteiger partial charge in [0, 0.05) is 12.5 Å². The molecule has 1 aromatic rings. The Morgan fingerprint density at radius 3 is 2.72 bits per heavy atom. The van der Waals surface area contributed by atoms with Crippen molar-refractivity contribution in [3.63, 3.8) is 0 Å². The summed E-state index contributed by atoms with van der Waals surface area (Å²) >= 11 is 0. The van der Waals surface area contributed by atoms with E-state index in [0.29, 0.717) is 12.5 Å². The molecule has 0 fully saturated rings. The lowest BCUT2D eigenvalue weighted by Gasteiger charge is -2.13. The number of carbonyl (C=O) groups excluding carboxylic acids is 1. The first-order valence-electron chi connectivity index (χ1n) is 6.56. The third kappa shape index (κ3) is 6.40. The molecule has 0 aliphatic carbocycles. The van der Waals surface area contributed by atoms with E-state index in [-0.39, 0.29) is 5.97 Å². The molecule has 18 heavy (non-hydrogen) atoms. The molecule has 0 aromatic heterocycles. The molecular formula is C15H23NO2. The van der Waals surface area contributed by atoms with Crippen molar-refractivity contribution in [3.05, 3.63) is 35.9 Å². The minimum absolute atomic E-state index is 0.131. The van der Waals surface area contributed by atoms with Crippen LogP contribution in [0.4, 0.5) is 0 Å². The van der Waals surface area contributed by atoms with Crippen molar-refractivity contribution in [3.8, 4) is 0 Å². The van der Waals surface area contributed by atoms with Crippen LogP contribution in [0.2, 0.25) is 0 Å². The third-order valence-electron chi connectivity index (χ3n) is 2.99. The van der Waals surface area contributed by atoms with E-state index in [0.717, 1.165) is 25.8 Å². The molecule has 0 saturated heterocycles. The zero-order valence-corrected chi connectivity index (χ0v) is 11.3. The van der Waals surface area contributed by atoms with Gasteiger partial charge >= 0.3 is 5.97 Å². The maximum atomic E-state index is 10.9. The van der Waals surface area contributed by atoms with Gasteiger partial charge in [0.25, 0.3) is 0 Å². The predicted molar refractivity (Wildman–Crippen MR) is 73.5 cm³/mol. The van der Waals surface area contributed by atoms with Crippen molar-refractivity contribution < 1.29 is 9.53 Å². The normalized spacial score (nSPS) is 12.1. The van der Waals surface area contributed by atoms with Crippen LogP contribution in [0.3, 0.4) is 0 Å². The molecule has 0 aliphatic rings. The topological polar surface area (TPSA) is 38.3 Å². The van der Waals surface area contributed by atoms with Crippen LogP contribution in [0.5, 0.6) is 0 Å². The van der Waals surface area contributed by atoms with Gasteiger partial charge in [0.1, 0.15) is 0 Å². The monoisotopic (exact) mass is 249 g/mol. The molecule has 0 spiro atoms. The summed E-state index contributed by atoms with van der Waals surface area (Å²) in [4.78, 5) is 10.9. The Labute approximate surface area is 110 Å². The molecule has 3 nitrogen and oxygen atoms in total. The number of carbonyl (C=O) groups is 1. The van der Waals surface area contributed by atoms with Gasteiger partial charge in [-0.15, -0.1) is 0 Å². The maximum Gasteiger partial charge on any atom is 0.305 e. The minimum Gasteiger partial charge on any atom is -0.469 e. The first kappa shape index (κ1) is 14.7. The van der Waals surface area contributed by atoms with E-state index in [1.54, 1.807) is 0 Å². The minimum atomic E-state index is -0.131. The number of ether oxygens (including phenoxy) is 1. The van der Waals surface area contributed by atoms with E-state index in [1.807, 2.05) is 6.07 Å². The Morgan fingerprint density at radius 2 is 2.06 bits per heavy atom. The van der Waals surface area contributed by atoms with Gasteiger partial charge in [-0.3, -0.25) is 4.79 Å². The largest absolute Gasteiger partial charge is 0.469 e. The predicted octanol–water partition coefficient (Wildman–Crippen LogP) is 2.55. The summed E-state index contributed by atoms with van der Waals surface area (Å²) in [7, 11) is 1.43. The van der Waals surface area contributed by atoms with Crippen LogP contribution in [-0.4, -0.2) is 25.7 Å². The molecule has 0 heterocycles. The fraction of sp³-hybridized carbons (Fsp3) is 0.533. The molecule has 3 heteroatoms. The van der Waals surface area contributed by atoms with Gasteiger partial charge in [-0.1, -0.05) is 30.3 Å². The Bertz CT molecular complexity index is 338. The molecule has 0 aliphatic heterocycles. The molecule has 1 N–H and O–H groups in total. The van der Waals surface area contributed by atoms with E-state index >= 15 is 0 Å². The first-order valence-corrected chi connectivity index (χ1v) is 6.56. The van der Waals surface area contributed by atoms with Crippen LogP contribution in [0.15, 0.2) is 30.3 Å². The molecule has 100 valence electrons. The van der Waals surface area contributed by atoms with Crippen LogP contribution < -0.4 is 5.32 Å². The van der Waals surface area contributed by atoms with E-state index < -0.39 is 0 Å². The van der Waals surface area contributed by atoms with E-state index in [4.69, 9.17) is 0 Å².